The Morgan fingerprint density at radius 2 is 1.33 bits per heavy atom. The molecule has 0 N–H and O–H groups in total. The maximum atomic E-state index is 3.00. The molecule has 0 saturated heterocycles. The molecule has 2 heteroatoms. The minimum atomic E-state index is -2.03. The fourth-order valence-electron chi connectivity index (χ4n) is 11.9. The molecular weight excluding hydrogens is 559 g/mol. The van der Waals surface area contributed by atoms with Gasteiger partial charge in [-0.1, -0.05) is 126 Å². The molecule has 6 rings (SSSR count). The third-order valence-electron chi connectivity index (χ3n) is 11.9. The molecule has 1 nitrogen and oxygen atoms in total. The summed E-state index contributed by atoms with van der Waals surface area (Å²) in [5.41, 5.74) is 8.89. The SMILES string of the molecule is CCCC1(CCC)C2=CC3C(C=C2c2ccccc21)C([Si](C)(C)N(C(C)(C)C)C(C)(C)C)C(C)C3c1cccc2ccccc12. The van der Waals surface area contributed by atoms with Crippen molar-refractivity contribution in [2.75, 3.05) is 0 Å². The minimum Gasteiger partial charge on any atom is -0.314 e. The van der Waals surface area contributed by atoms with Crippen molar-refractivity contribution in [3.05, 3.63) is 101 Å². The van der Waals surface area contributed by atoms with Crippen LogP contribution >= 0.6 is 0 Å². The highest BCUT2D eigenvalue weighted by Crippen LogP contribution is 2.66. The second-order valence-corrected chi connectivity index (χ2v) is 21.7. The van der Waals surface area contributed by atoms with E-state index in [9.17, 15) is 0 Å². The van der Waals surface area contributed by atoms with Gasteiger partial charge in [-0.2, -0.15) is 0 Å². The van der Waals surface area contributed by atoms with E-state index in [4.69, 9.17) is 0 Å². The average molecular weight is 618 g/mol. The van der Waals surface area contributed by atoms with E-state index in [1.807, 2.05) is 0 Å². The van der Waals surface area contributed by atoms with Crippen LogP contribution in [0, 0.1) is 17.8 Å². The Bertz CT molecular complexity index is 1600. The third kappa shape index (κ3) is 5.05. The molecule has 1 fully saturated rings. The Morgan fingerprint density at radius 1 is 0.733 bits per heavy atom. The topological polar surface area (TPSA) is 3.24 Å². The number of allylic oxidation sites excluding steroid dienone is 4. The van der Waals surface area contributed by atoms with E-state index in [1.165, 1.54) is 42.0 Å². The summed E-state index contributed by atoms with van der Waals surface area (Å²) in [6.45, 7) is 27.6. The summed E-state index contributed by atoms with van der Waals surface area (Å²) in [6, 6.07) is 25.8. The monoisotopic (exact) mass is 617 g/mol. The van der Waals surface area contributed by atoms with E-state index in [1.54, 1.807) is 22.3 Å². The van der Waals surface area contributed by atoms with Gasteiger partial charge in [0.05, 0.1) is 0 Å². The summed E-state index contributed by atoms with van der Waals surface area (Å²) in [5.74, 6) is 2.11. The summed E-state index contributed by atoms with van der Waals surface area (Å²) in [4.78, 5) is 0. The minimum absolute atomic E-state index is 0.0981. The molecule has 0 spiro atoms. The maximum absolute atomic E-state index is 3.00. The highest BCUT2D eigenvalue weighted by molar-refractivity contribution is 6.76. The smallest absolute Gasteiger partial charge is 0.127 e. The van der Waals surface area contributed by atoms with E-state index in [0.717, 1.165) is 0 Å². The van der Waals surface area contributed by atoms with Crippen molar-refractivity contribution in [3.8, 4) is 0 Å². The highest BCUT2D eigenvalue weighted by atomic mass is 28.3. The van der Waals surface area contributed by atoms with Crippen molar-refractivity contribution in [2.24, 2.45) is 17.8 Å². The summed E-state index contributed by atoms with van der Waals surface area (Å²) in [6.07, 6.45) is 10.6. The van der Waals surface area contributed by atoms with E-state index < -0.39 is 8.24 Å². The Hall–Kier alpha value is -2.42. The van der Waals surface area contributed by atoms with Gasteiger partial charge in [-0.25, -0.2) is 0 Å². The van der Waals surface area contributed by atoms with Gasteiger partial charge >= 0.3 is 0 Å². The Morgan fingerprint density at radius 3 is 1.98 bits per heavy atom. The van der Waals surface area contributed by atoms with Crippen LogP contribution in [0.25, 0.3) is 16.3 Å². The molecule has 0 bridgehead atoms. The molecule has 0 amide bonds. The van der Waals surface area contributed by atoms with Crippen LogP contribution in [0.15, 0.2) is 84.5 Å². The lowest BCUT2D eigenvalue weighted by Crippen LogP contribution is -2.67. The van der Waals surface area contributed by atoms with Crippen LogP contribution in [-0.4, -0.2) is 23.9 Å². The number of rotatable bonds is 7. The first kappa shape index (κ1) is 32.5. The molecule has 3 aromatic rings. The molecule has 240 valence electrons. The summed E-state index contributed by atoms with van der Waals surface area (Å²) in [5, 5.41) is 2.83. The summed E-state index contributed by atoms with van der Waals surface area (Å²) >= 11 is 0. The molecule has 5 unspecified atom stereocenters. The third-order valence-corrected chi connectivity index (χ3v) is 17.0. The number of fused-ring (bicyclic) bond motifs is 5. The maximum Gasteiger partial charge on any atom is 0.127 e. The second kappa shape index (κ2) is 11.4. The average Bonchev–Trinajstić information content (AvgIpc) is 3.39. The molecule has 0 aliphatic heterocycles. The zero-order chi connectivity index (χ0) is 32.5. The highest BCUT2D eigenvalue weighted by Gasteiger charge is 2.60. The number of hydrogen-bond acceptors (Lipinski definition) is 1. The van der Waals surface area contributed by atoms with Gasteiger partial charge in [-0.3, -0.25) is 0 Å². The number of benzene rings is 3. The molecule has 0 aromatic heterocycles. The van der Waals surface area contributed by atoms with Gasteiger partial charge in [0.2, 0.25) is 0 Å². The Labute approximate surface area is 276 Å². The summed E-state index contributed by atoms with van der Waals surface area (Å²) in [7, 11) is -2.03. The van der Waals surface area contributed by atoms with Gasteiger partial charge in [-0.05, 0) is 122 Å². The van der Waals surface area contributed by atoms with Crippen LogP contribution in [0.1, 0.15) is 111 Å². The van der Waals surface area contributed by atoms with Crippen LogP contribution in [0.2, 0.25) is 18.6 Å². The predicted octanol–water partition coefficient (Wildman–Crippen LogP) is 12.2. The fraction of sp³-hybridized carbons (Fsp3) is 0.535. The fourth-order valence-corrected chi connectivity index (χ4v) is 18.4. The zero-order valence-corrected chi connectivity index (χ0v) is 31.2. The predicted molar refractivity (Wildman–Crippen MR) is 199 cm³/mol. The van der Waals surface area contributed by atoms with Crippen molar-refractivity contribution in [1.82, 2.24) is 4.57 Å². The van der Waals surface area contributed by atoms with Crippen LogP contribution in [0.4, 0.5) is 0 Å². The zero-order valence-electron chi connectivity index (χ0n) is 30.2. The molecule has 45 heavy (non-hydrogen) atoms. The van der Waals surface area contributed by atoms with Crippen LogP contribution in [0.3, 0.4) is 0 Å². The van der Waals surface area contributed by atoms with Gasteiger partial charge in [0, 0.05) is 16.5 Å². The van der Waals surface area contributed by atoms with Gasteiger partial charge < -0.3 is 4.57 Å². The van der Waals surface area contributed by atoms with Gasteiger partial charge in [0.1, 0.15) is 8.24 Å². The number of nitrogens with zero attached hydrogens (tertiary/aromatic N) is 1. The van der Waals surface area contributed by atoms with E-state index >= 15 is 0 Å². The first-order valence-electron chi connectivity index (χ1n) is 18.0. The Kier molecular flexibility index (Phi) is 8.22. The molecule has 5 atom stereocenters. The lowest BCUT2D eigenvalue weighted by atomic mass is 9.67. The lowest BCUT2D eigenvalue weighted by Gasteiger charge is -2.57. The molecule has 3 aliphatic rings. The molecular formula is C43H59NSi. The van der Waals surface area contributed by atoms with Crippen molar-refractivity contribution in [1.29, 1.82) is 0 Å². The quantitative estimate of drug-likeness (QED) is 0.238. The van der Waals surface area contributed by atoms with Crippen molar-refractivity contribution in [3.63, 3.8) is 0 Å². The first-order valence-corrected chi connectivity index (χ1v) is 21.0. The van der Waals surface area contributed by atoms with E-state index in [0.29, 0.717) is 29.2 Å². The molecule has 0 radical (unpaired) electrons. The van der Waals surface area contributed by atoms with E-state index in [2.05, 4.69) is 159 Å². The van der Waals surface area contributed by atoms with Gasteiger partial charge in [-0.15, -0.1) is 0 Å². The Balaban J connectivity index is 1.62. The lowest BCUT2D eigenvalue weighted by molar-refractivity contribution is 0.121. The van der Waals surface area contributed by atoms with Crippen LogP contribution in [0.5, 0.6) is 0 Å². The van der Waals surface area contributed by atoms with Crippen LogP contribution < -0.4 is 0 Å². The van der Waals surface area contributed by atoms with Crippen molar-refractivity contribution < 1.29 is 0 Å². The molecule has 1 saturated carbocycles. The van der Waals surface area contributed by atoms with E-state index in [-0.39, 0.29) is 16.5 Å². The van der Waals surface area contributed by atoms with Gasteiger partial charge in [0.25, 0.3) is 0 Å². The largest absolute Gasteiger partial charge is 0.314 e. The van der Waals surface area contributed by atoms with Crippen LogP contribution in [-0.2, 0) is 5.41 Å². The van der Waals surface area contributed by atoms with Crippen molar-refractivity contribution in [2.45, 2.75) is 129 Å². The summed E-state index contributed by atoms with van der Waals surface area (Å²) < 4.78 is 3.00. The number of hydrogen-bond donors (Lipinski definition) is 0. The molecule has 0 heterocycles. The first-order chi connectivity index (χ1) is 21.2. The standard InChI is InChI=1S/C43H59NSi/c1-12-25-43(26-13-2)37-24-17-16-22-32(37)34-27-36-35(28-38(34)43)39(33-23-18-20-30-19-14-15-21-31(30)33)29(3)40(36)45(10,11)44(41(4,5)6)42(7,8)9/h14-24,27-29,35-36,39-40H,12-13,25-26H2,1-11H3. The second-order valence-electron chi connectivity index (χ2n) is 17.3. The van der Waals surface area contributed by atoms with Gasteiger partial charge in [0.15, 0.2) is 0 Å². The van der Waals surface area contributed by atoms with Crippen molar-refractivity contribution >= 4 is 24.6 Å². The molecule has 3 aromatic carbocycles. The molecule has 3 aliphatic carbocycles. The normalized spacial score (nSPS) is 26.0.